The summed E-state index contributed by atoms with van der Waals surface area (Å²) in [6.45, 7) is 5.87. The maximum atomic E-state index is 13.0. The van der Waals surface area contributed by atoms with Crippen LogP contribution in [-0.4, -0.2) is 21.8 Å². The molecule has 3 nitrogen and oxygen atoms in total. The van der Waals surface area contributed by atoms with Gasteiger partial charge in [-0.1, -0.05) is 0 Å². The van der Waals surface area contributed by atoms with Crippen molar-refractivity contribution in [2.75, 3.05) is 6.61 Å². The monoisotopic (exact) mass is 345 g/mol. The molecular formula is C16H18F3NO2S. The van der Waals surface area contributed by atoms with Crippen LogP contribution in [0, 0.1) is 5.92 Å². The molecule has 0 bridgehead atoms. The van der Waals surface area contributed by atoms with E-state index in [0.29, 0.717) is 24.3 Å². The maximum absolute atomic E-state index is 13.0. The fourth-order valence-electron chi connectivity index (χ4n) is 2.80. The van der Waals surface area contributed by atoms with Gasteiger partial charge in [0.05, 0.1) is 16.9 Å². The molecule has 1 aromatic rings. The van der Waals surface area contributed by atoms with Crippen LogP contribution in [0.2, 0.25) is 0 Å². The molecule has 2 aliphatic rings. The van der Waals surface area contributed by atoms with Gasteiger partial charge in [0.1, 0.15) is 16.7 Å². The third kappa shape index (κ3) is 2.91. The Morgan fingerprint density at radius 3 is 2.65 bits per heavy atom. The number of benzene rings is 1. The van der Waals surface area contributed by atoms with E-state index in [1.54, 1.807) is 6.21 Å². The fraction of sp³-hybridized carbons (Fsp3) is 0.562. The van der Waals surface area contributed by atoms with Gasteiger partial charge in [0.25, 0.3) is 0 Å². The summed E-state index contributed by atoms with van der Waals surface area (Å²) < 4.78 is 60.2. The van der Waals surface area contributed by atoms with E-state index in [1.165, 1.54) is 6.07 Å². The van der Waals surface area contributed by atoms with Crippen molar-refractivity contribution in [1.29, 1.82) is 0 Å². The smallest absolute Gasteiger partial charge is 0.416 e. The van der Waals surface area contributed by atoms with Gasteiger partial charge in [-0.05, 0) is 45.4 Å². The van der Waals surface area contributed by atoms with E-state index in [4.69, 9.17) is 4.74 Å². The predicted octanol–water partition coefficient (Wildman–Crippen LogP) is 3.89. The zero-order chi connectivity index (χ0) is 17.0. The molecule has 3 unspecified atom stereocenters. The molecule has 3 rings (SSSR count). The summed E-state index contributed by atoms with van der Waals surface area (Å²) in [5.74, 6) is 0.555. The highest BCUT2D eigenvalue weighted by Crippen LogP contribution is 2.59. The topological polar surface area (TPSA) is 38.7 Å². The number of fused-ring (bicyclic) bond motifs is 3. The molecule has 0 aromatic heterocycles. The summed E-state index contributed by atoms with van der Waals surface area (Å²) in [4.78, 5) is 0. The van der Waals surface area contributed by atoms with Crippen molar-refractivity contribution >= 4 is 17.2 Å². The Balaban J connectivity index is 1.99. The van der Waals surface area contributed by atoms with E-state index in [0.717, 1.165) is 12.1 Å². The lowest BCUT2D eigenvalue weighted by Gasteiger charge is -2.24. The summed E-state index contributed by atoms with van der Waals surface area (Å²) in [7, 11) is -1.43. The van der Waals surface area contributed by atoms with Gasteiger partial charge in [0.15, 0.2) is 0 Å². The third-order valence-electron chi connectivity index (χ3n) is 4.30. The summed E-state index contributed by atoms with van der Waals surface area (Å²) in [6, 6.07) is 3.53. The largest absolute Gasteiger partial charge is 0.493 e. The Labute approximate surface area is 135 Å². The highest BCUT2D eigenvalue weighted by molar-refractivity contribution is 7.85. The number of alkyl halides is 3. The molecule has 1 aromatic carbocycles. The molecule has 3 atom stereocenters. The number of ether oxygens (including phenoxy) is 1. The first-order valence-electron chi connectivity index (χ1n) is 7.36. The van der Waals surface area contributed by atoms with Crippen LogP contribution >= 0.6 is 0 Å². The van der Waals surface area contributed by atoms with Crippen LogP contribution in [0.5, 0.6) is 5.75 Å². The fourth-order valence-corrected chi connectivity index (χ4v) is 3.40. The van der Waals surface area contributed by atoms with Gasteiger partial charge >= 0.3 is 6.18 Å². The van der Waals surface area contributed by atoms with E-state index in [-0.39, 0.29) is 5.92 Å². The summed E-state index contributed by atoms with van der Waals surface area (Å²) in [5.41, 5.74) is -0.772. The first kappa shape index (κ1) is 16.5. The van der Waals surface area contributed by atoms with E-state index in [9.17, 15) is 17.4 Å². The number of rotatable bonds is 2. The van der Waals surface area contributed by atoms with Gasteiger partial charge in [0, 0.05) is 23.1 Å². The second-order valence-electron chi connectivity index (χ2n) is 7.06. The number of halogens is 3. The maximum Gasteiger partial charge on any atom is 0.416 e. The zero-order valence-electron chi connectivity index (χ0n) is 13.1. The minimum Gasteiger partial charge on any atom is -0.493 e. The molecule has 1 saturated carbocycles. The van der Waals surface area contributed by atoms with Gasteiger partial charge in [-0.3, -0.25) is 0 Å². The van der Waals surface area contributed by atoms with Crippen LogP contribution in [-0.2, 0) is 22.6 Å². The molecule has 1 aliphatic heterocycles. The van der Waals surface area contributed by atoms with Gasteiger partial charge in [-0.25, -0.2) is 4.21 Å². The number of hydrogen-bond acceptors (Lipinski definition) is 2. The summed E-state index contributed by atoms with van der Waals surface area (Å²) in [5, 5.41) is 0. The standard InChI is InChI=1S/C16H18F3NO2S/c1-14(2,3)23(21)20-9-15-7-11(15)8-22-13-5-4-10(6-12(13)15)16(17,18)19/h4-6,9,11H,7-8H2,1-3H3. The zero-order valence-corrected chi connectivity index (χ0v) is 13.9. The average Bonchev–Trinajstić information content (AvgIpc) is 3.17. The van der Waals surface area contributed by atoms with Crippen molar-refractivity contribution in [3.63, 3.8) is 0 Å². The molecule has 126 valence electrons. The van der Waals surface area contributed by atoms with Crippen molar-refractivity contribution < 1.29 is 22.1 Å². The van der Waals surface area contributed by atoms with Crippen molar-refractivity contribution in [2.24, 2.45) is 10.3 Å². The summed E-state index contributed by atoms with van der Waals surface area (Å²) in [6.07, 6.45) is -2.14. The lowest BCUT2D eigenvalue weighted by molar-refractivity contribution is -0.137. The minimum absolute atomic E-state index is 0.0965. The second kappa shape index (κ2) is 5.06. The van der Waals surface area contributed by atoms with Crippen molar-refractivity contribution in [3.05, 3.63) is 29.3 Å². The van der Waals surface area contributed by atoms with Crippen LogP contribution < -0.4 is 4.74 Å². The Morgan fingerprint density at radius 2 is 2.04 bits per heavy atom. The van der Waals surface area contributed by atoms with Crippen LogP contribution in [0.25, 0.3) is 0 Å². The first-order valence-corrected chi connectivity index (χ1v) is 8.46. The quantitative estimate of drug-likeness (QED) is 0.763. The van der Waals surface area contributed by atoms with Crippen LogP contribution in [0.1, 0.15) is 38.3 Å². The van der Waals surface area contributed by atoms with Crippen molar-refractivity contribution in [2.45, 2.75) is 43.5 Å². The molecule has 0 amide bonds. The Morgan fingerprint density at radius 1 is 1.35 bits per heavy atom. The molecule has 1 aliphatic carbocycles. The summed E-state index contributed by atoms with van der Waals surface area (Å²) >= 11 is 0. The molecule has 23 heavy (non-hydrogen) atoms. The molecule has 1 fully saturated rings. The Bertz CT molecular complexity index is 694. The van der Waals surface area contributed by atoms with Crippen molar-refractivity contribution in [1.82, 2.24) is 0 Å². The molecular weight excluding hydrogens is 327 g/mol. The minimum atomic E-state index is -4.40. The van der Waals surface area contributed by atoms with E-state index >= 15 is 0 Å². The van der Waals surface area contributed by atoms with Crippen molar-refractivity contribution in [3.8, 4) is 5.75 Å². The first-order chi connectivity index (χ1) is 10.5. The van der Waals surface area contributed by atoms with E-state index in [1.807, 2.05) is 20.8 Å². The third-order valence-corrected chi connectivity index (χ3v) is 5.65. The highest BCUT2D eigenvalue weighted by atomic mass is 32.2. The van der Waals surface area contributed by atoms with Crippen LogP contribution in [0.4, 0.5) is 13.2 Å². The van der Waals surface area contributed by atoms with Gasteiger partial charge < -0.3 is 4.74 Å². The van der Waals surface area contributed by atoms with Gasteiger partial charge in [-0.15, -0.1) is 0 Å². The van der Waals surface area contributed by atoms with Crippen LogP contribution in [0.3, 0.4) is 0 Å². The Kier molecular flexibility index (Phi) is 3.63. The lowest BCUT2D eigenvalue weighted by atomic mass is 9.90. The normalized spacial score (nSPS) is 28.0. The number of hydrogen-bond donors (Lipinski definition) is 0. The molecule has 0 spiro atoms. The highest BCUT2D eigenvalue weighted by Gasteiger charge is 2.59. The van der Waals surface area contributed by atoms with E-state index in [2.05, 4.69) is 4.40 Å². The second-order valence-corrected chi connectivity index (χ2v) is 8.99. The molecule has 0 N–H and O–H groups in total. The number of nitrogens with zero attached hydrogens (tertiary/aromatic N) is 1. The molecule has 7 heteroatoms. The molecule has 1 heterocycles. The average molecular weight is 345 g/mol. The SMILES string of the molecule is CC(C)(C)S(=O)N=CC12CC1COc1ccc(C(F)(F)F)cc12. The van der Waals surface area contributed by atoms with Gasteiger partial charge in [-0.2, -0.15) is 17.6 Å². The van der Waals surface area contributed by atoms with E-state index < -0.39 is 32.9 Å². The molecule has 0 radical (unpaired) electrons. The van der Waals surface area contributed by atoms with Crippen LogP contribution in [0.15, 0.2) is 22.6 Å². The predicted molar refractivity (Wildman–Crippen MR) is 83.1 cm³/mol. The lowest BCUT2D eigenvalue weighted by Crippen LogP contribution is -2.25. The molecule has 0 saturated heterocycles. The Hall–Kier alpha value is -1.37. The van der Waals surface area contributed by atoms with Gasteiger partial charge in [0.2, 0.25) is 0 Å².